The van der Waals surface area contributed by atoms with Gasteiger partial charge in [-0.25, -0.2) is 4.98 Å². The molecular formula is C26H21F6N3O3S2. The second-order valence-corrected chi connectivity index (χ2v) is 10.6. The van der Waals surface area contributed by atoms with E-state index in [4.69, 9.17) is 9.47 Å². The lowest BCUT2D eigenvalue weighted by Crippen LogP contribution is -2.22. The second kappa shape index (κ2) is 11.5. The maximum absolute atomic E-state index is 13.5. The Bertz CT molecular complexity index is 1480. The molecule has 40 heavy (non-hydrogen) atoms. The average molecular weight is 602 g/mol. The Morgan fingerprint density at radius 1 is 1.02 bits per heavy atom. The van der Waals surface area contributed by atoms with Gasteiger partial charge in [-0.05, 0) is 54.6 Å². The van der Waals surface area contributed by atoms with Crippen LogP contribution in [0.1, 0.15) is 33.0 Å². The minimum atomic E-state index is -5.01. The number of thioether (sulfide) groups is 1. The van der Waals surface area contributed by atoms with Crippen molar-refractivity contribution in [3.8, 4) is 11.5 Å². The number of nitrogens with zero attached hydrogens (tertiary/aromatic N) is 3. The minimum absolute atomic E-state index is 0.0627. The molecule has 0 saturated carbocycles. The molecule has 0 unspecified atom stereocenters. The molecule has 0 fully saturated rings. The fourth-order valence-corrected chi connectivity index (χ4v) is 5.35. The lowest BCUT2D eigenvalue weighted by Gasteiger charge is -2.17. The molecule has 0 N–H and O–H groups in total. The van der Waals surface area contributed by atoms with Crippen molar-refractivity contribution in [2.24, 2.45) is 4.99 Å². The molecule has 4 rings (SSSR count). The fraction of sp³-hybridized carbons (Fsp3) is 0.269. The van der Waals surface area contributed by atoms with Gasteiger partial charge in [0.15, 0.2) is 16.7 Å². The summed E-state index contributed by atoms with van der Waals surface area (Å²) in [7, 11) is 3.12. The SMILES string of the molecule is COc1cc(C=C2SC(N(C)Cc3nc(C)cs3)=NC2=O)ccc1OCc1ccc(C(F)(F)F)cc1C(F)(F)F. The quantitative estimate of drug-likeness (QED) is 0.211. The Hall–Kier alpha value is -3.52. The number of aliphatic imine (C=N–C) groups is 1. The number of hydrogen-bond acceptors (Lipinski definition) is 7. The first-order chi connectivity index (χ1) is 18.7. The number of ether oxygens (including phenoxy) is 2. The summed E-state index contributed by atoms with van der Waals surface area (Å²) in [6, 6.07) is 5.90. The summed E-state index contributed by atoms with van der Waals surface area (Å²) in [6.07, 6.45) is -8.35. The first-order valence-corrected chi connectivity index (χ1v) is 13.2. The highest BCUT2D eigenvalue weighted by Crippen LogP contribution is 2.39. The topological polar surface area (TPSA) is 64.0 Å². The number of aryl methyl sites for hydroxylation is 1. The average Bonchev–Trinajstić information content (AvgIpc) is 3.46. The molecule has 1 aromatic heterocycles. The predicted octanol–water partition coefficient (Wildman–Crippen LogP) is 7.18. The summed E-state index contributed by atoms with van der Waals surface area (Å²) in [5, 5.41) is 3.32. The Kier molecular flexibility index (Phi) is 8.49. The van der Waals surface area contributed by atoms with Gasteiger partial charge in [0, 0.05) is 23.7 Å². The molecule has 1 amide bonds. The van der Waals surface area contributed by atoms with Crippen LogP contribution in [0.15, 0.2) is 51.7 Å². The highest BCUT2D eigenvalue weighted by Gasteiger charge is 2.38. The summed E-state index contributed by atoms with van der Waals surface area (Å²) in [4.78, 5) is 23.2. The lowest BCUT2D eigenvalue weighted by molar-refractivity contribution is -0.143. The van der Waals surface area contributed by atoms with Crippen molar-refractivity contribution in [3.63, 3.8) is 0 Å². The Labute approximate surface area is 233 Å². The molecule has 0 aliphatic carbocycles. The van der Waals surface area contributed by atoms with E-state index in [9.17, 15) is 31.1 Å². The van der Waals surface area contributed by atoms with Crippen LogP contribution < -0.4 is 9.47 Å². The van der Waals surface area contributed by atoms with Crippen LogP contribution in [0.5, 0.6) is 11.5 Å². The van der Waals surface area contributed by atoms with Crippen molar-refractivity contribution in [2.75, 3.05) is 14.2 Å². The number of methoxy groups -OCH3 is 1. The zero-order chi connectivity index (χ0) is 29.2. The molecule has 0 atom stereocenters. The lowest BCUT2D eigenvalue weighted by atomic mass is 10.0. The van der Waals surface area contributed by atoms with Crippen LogP contribution in [0.25, 0.3) is 6.08 Å². The number of thiazole rings is 1. The largest absolute Gasteiger partial charge is 0.493 e. The van der Waals surface area contributed by atoms with Crippen LogP contribution in [0.4, 0.5) is 26.3 Å². The van der Waals surface area contributed by atoms with Crippen molar-refractivity contribution >= 4 is 40.2 Å². The van der Waals surface area contributed by atoms with E-state index in [0.29, 0.717) is 28.2 Å². The molecule has 1 aliphatic heterocycles. The third-order valence-electron chi connectivity index (χ3n) is 5.59. The molecule has 2 heterocycles. The smallest absolute Gasteiger partial charge is 0.416 e. The molecule has 212 valence electrons. The molecule has 14 heteroatoms. The summed E-state index contributed by atoms with van der Waals surface area (Å²) < 4.78 is 90.0. The predicted molar refractivity (Wildman–Crippen MR) is 140 cm³/mol. The highest BCUT2D eigenvalue weighted by atomic mass is 32.2. The van der Waals surface area contributed by atoms with E-state index < -0.39 is 41.6 Å². The van der Waals surface area contributed by atoms with Gasteiger partial charge < -0.3 is 14.4 Å². The first-order valence-electron chi connectivity index (χ1n) is 11.5. The standard InChI is InChI=1S/C26H21F6N3O3S2/c1-14-13-39-22(33-14)11-35(2)24-34-23(36)21(40-24)9-15-4-7-19(20(8-15)37-3)38-12-16-5-6-17(25(27,28)29)10-18(16)26(30,31)32/h4-10,13H,11-12H2,1-3H3. The van der Waals surface area contributed by atoms with Gasteiger partial charge in [-0.3, -0.25) is 4.79 Å². The van der Waals surface area contributed by atoms with E-state index in [1.165, 1.54) is 42.3 Å². The van der Waals surface area contributed by atoms with Crippen LogP contribution in [0.2, 0.25) is 0 Å². The third-order valence-corrected chi connectivity index (χ3v) is 7.64. The van der Waals surface area contributed by atoms with Gasteiger partial charge in [0.25, 0.3) is 5.91 Å². The molecule has 6 nitrogen and oxygen atoms in total. The third kappa shape index (κ3) is 6.97. The monoisotopic (exact) mass is 601 g/mol. The molecular weight excluding hydrogens is 580 g/mol. The summed E-state index contributed by atoms with van der Waals surface area (Å²) in [6.45, 7) is 1.73. The number of carbonyl (C=O) groups is 1. The van der Waals surface area contributed by atoms with E-state index in [0.717, 1.165) is 16.8 Å². The Balaban J connectivity index is 1.48. The zero-order valence-electron chi connectivity index (χ0n) is 21.2. The molecule has 0 radical (unpaired) electrons. The van der Waals surface area contributed by atoms with Gasteiger partial charge >= 0.3 is 12.4 Å². The Morgan fingerprint density at radius 3 is 2.40 bits per heavy atom. The maximum atomic E-state index is 13.5. The number of benzene rings is 2. The van der Waals surface area contributed by atoms with Gasteiger partial charge in [-0.2, -0.15) is 31.3 Å². The van der Waals surface area contributed by atoms with E-state index in [1.807, 2.05) is 17.2 Å². The molecule has 0 spiro atoms. The van der Waals surface area contributed by atoms with Crippen molar-refractivity contribution in [2.45, 2.75) is 32.4 Å². The van der Waals surface area contributed by atoms with Crippen LogP contribution in [0.3, 0.4) is 0 Å². The number of halogens is 6. The van der Waals surface area contributed by atoms with Crippen molar-refractivity contribution in [1.29, 1.82) is 0 Å². The second-order valence-electron chi connectivity index (χ2n) is 8.62. The van der Waals surface area contributed by atoms with Crippen molar-refractivity contribution < 1.29 is 40.6 Å². The first kappa shape index (κ1) is 29.5. The molecule has 0 bridgehead atoms. The van der Waals surface area contributed by atoms with Crippen LogP contribution in [-0.2, 0) is 30.3 Å². The van der Waals surface area contributed by atoms with Gasteiger partial charge in [-0.15, -0.1) is 11.3 Å². The number of amidine groups is 1. The molecule has 1 aliphatic rings. The van der Waals surface area contributed by atoms with Crippen LogP contribution in [0, 0.1) is 6.92 Å². The molecule has 0 saturated heterocycles. The van der Waals surface area contributed by atoms with Gasteiger partial charge in [0.05, 0.1) is 29.7 Å². The zero-order valence-corrected chi connectivity index (χ0v) is 22.8. The van der Waals surface area contributed by atoms with Gasteiger partial charge in [0.1, 0.15) is 11.6 Å². The number of amides is 1. The normalized spacial score (nSPS) is 15.0. The van der Waals surface area contributed by atoms with E-state index >= 15 is 0 Å². The van der Waals surface area contributed by atoms with E-state index in [1.54, 1.807) is 19.2 Å². The Morgan fingerprint density at radius 2 is 1.77 bits per heavy atom. The molecule has 2 aromatic carbocycles. The van der Waals surface area contributed by atoms with E-state index in [2.05, 4.69) is 9.98 Å². The van der Waals surface area contributed by atoms with E-state index in [-0.39, 0.29) is 17.6 Å². The van der Waals surface area contributed by atoms with Crippen LogP contribution >= 0.6 is 23.1 Å². The number of alkyl halides is 6. The fourth-order valence-electron chi connectivity index (χ4n) is 3.65. The summed E-state index contributed by atoms with van der Waals surface area (Å²) >= 11 is 2.69. The number of rotatable bonds is 7. The van der Waals surface area contributed by atoms with Crippen molar-refractivity contribution in [3.05, 3.63) is 79.6 Å². The number of carbonyl (C=O) groups excluding carboxylic acids is 1. The number of aromatic nitrogens is 1. The summed E-state index contributed by atoms with van der Waals surface area (Å²) in [5.41, 5.74) is -1.86. The molecule has 3 aromatic rings. The maximum Gasteiger partial charge on any atom is 0.416 e. The van der Waals surface area contributed by atoms with Gasteiger partial charge in [-0.1, -0.05) is 12.1 Å². The van der Waals surface area contributed by atoms with Crippen LogP contribution in [-0.4, -0.2) is 35.1 Å². The summed E-state index contributed by atoms with van der Waals surface area (Å²) in [5.74, 6) is -0.204. The minimum Gasteiger partial charge on any atom is -0.493 e. The van der Waals surface area contributed by atoms with Crippen molar-refractivity contribution in [1.82, 2.24) is 9.88 Å². The van der Waals surface area contributed by atoms with Gasteiger partial charge in [0.2, 0.25) is 0 Å². The number of hydrogen-bond donors (Lipinski definition) is 0. The highest BCUT2D eigenvalue weighted by molar-refractivity contribution is 8.18.